The van der Waals surface area contributed by atoms with Crippen LogP contribution in [0.15, 0.2) is 71.0 Å². The molecule has 0 aliphatic carbocycles. The van der Waals surface area contributed by atoms with Gasteiger partial charge in [0.1, 0.15) is 0 Å². The number of hydrogen-bond donors (Lipinski definition) is 2. The van der Waals surface area contributed by atoms with Crippen molar-refractivity contribution in [2.75, 3.05) is 26.3 Å². The van der Waals surface area contributed by atoms with Crippen LogP contribution in [0.1, 0.15) is 29.8 Å². The quantitative estimate of drug-likeness (QED) is 0.546. The lowest BCUT2D eigenvalue weighted by Gasteiger charge is -2.27. The minimum absolute atomic E-state index is 0.0427. The standard InChI is InChI=1S/C26H33N3O5S/c1-19(2)24(12-17-35(32,33)22-6-4-3-5-7-22)28-25(30)23(27)18-20-8-10-21(11-9-20)26(31)29-13-15-34-16-14-29/h3-12,17,19,23-24H,13-16,18,27H2,1-2H3,(H,28,30)/b17-12+/t23-,24+/m0/s1. The molecule has 9 heteroatoms. The number of carbonyl (C=O) groups is 2. The second-order valence-corrected chi connectivity index (χ2v) is 10.7. The Morgan fingerprint density at radius 2 is 1.69 bits per heavy atom. The third-order valence-electron chi connectivity index (χ3n) is 5.86. The highest BCUT2D eigenvalue weighted by Crippen LogP contribution is 2.14. The first-order chi connectivity index (χ1) is 16.7. The largest absolute Gasteiger partial charge is 0.378 e. The molecule has 2 aromatic carbocycles. The van der Waals surface area contributed by atoms with Crippen LogP contribution in [0, 0.1) is 5.92 Å². The van der Waals surface area contributed by atoms with E-state index in [1.807, 2.05) is 13.8 Å². The van der Waals surface area contributed by atoms with Gasteiger partial charge in [0, 0.05) is 24.1 Å². The van der Waals surface area contributed by atoms with E-state index < -0.39 is 21.9 Å². The van der Waals surface area contributed by atoms with Gasteiger partial charge in [0.15, 0.2) is 9.84 Å². The van der Waals surface area contributed by atoms with Gasteiger partial charge in [0.2, 0.25) is 5.91 Å². The van der Waals surface area contributed by atoms with E-state index in [-0.39, 0.29) is 29.0 Å². The number of nitrogens with two attached hydrogens (primary N) is 1. The lowest BCUT2D eigenvalue weighted by atomic mass is 10.0. The topological polar surface area (TPSA) is 119 Å². The molecule has 0 saturated carbocycles. The van der Waals surface area contributed by atoms with Crippen molar-refractivity contribution in [3.63, 3.8) is 0 Å². The summed E-state index contributed by atoms with van der Waals surface area (Å²) in [5.74, 6) is -0.461. The molecule has 0 unspecified atom stereocenters. The monoisotopic (exact) mass is 499 g/mol. The van der Waals surface area contributed by atoms with Crippen LogP contribution >= 0.6 is 0 Å². The highest BCUT2D eigenvalue weighted by atomic mass is 32.2. The lowest BCUT2D eigenvalue weighted by molar-refractivity contribution is -0.123. The van der Waals surface area contributed by atoms with Gasteiger partial charge in [0.05, 0.1) is 30.2 Å². The lowest BCUT2D eigenvalue weighted by Crippen LogP contribution is -2.47. The van der Waals surface area contributed by atoms with Crippen LogP contribution in [-0.4, -0.2) is 63.5 Å². The van der Waals surface area contributed by atoms with Gasteiger partial charge in [-0.15, -0.1) is 0 Å². The molecule has 3 rings (SSSR count). The second kappa shape index (κ2) is 12.1. The van der Waals surface area contributed by atoms with Gasteiger partial charge in [-0.2, -0.15) is 0 Å². The van der Waals surface area contributed by atoms with Crippen LogP contribution in [0.5, 0.6) is 0 Å². The van der Waals surface area contributed by atoms with Gasteiger partial charge in [-0.05, 0) is 42.2 Å². The number of rotatable bonds is 9. The molecule has 1 heterocycles. The summed E-state index contributed by atoms with van der Waals surface area (Å²) in [5, 5.41) is 3.97. The summed E-state index contributed by atoms with van der Waals surface area (Å²) in [7, 11) is -3.61. The van der Waals surface area contributed by atoms with E-state index in [0.717, 1.165) is 11.0 Å². The molecule has 1 fully saturated rings. The van der Waals surface area contributed by atoms with Gasteiger partial charge in [-0.25, -0.2) is 8.42 Å². The number of carbonyl (C=O) groups excluding carboxylic acids is 2. The number of nitrogens with zero attached hydrogens (tertiary/aromatic N) is 1. The van der Waals surface area contributed by atoms with Crippen molar-refractivity contribution in [3.05, 3.63) is 77.2 Å². The fourth-order valence-corrected chi connectivity index (χ4v) is 4.73. The Bertz CT molecular complexity index is 1130. The molecule has 188 valence electrons. The zero-order valence-electron chi connectivity index (χ0n) is 20.1. The molecule has 2 aromatic rings. The fourth-order valence-electron chi connectivity index (χ4n) is 3.66. The minimum Gasteiger partial charge on any atom is -0.378 e. The first-order valence-corrected chi connectivity index (χ1v) is 13.2. The van der Waals surface area contributed by atoms with E-state index in [1.54, 1.807) is 47.4 Å². The van der Waals surface area contributed by atoms with Crippen molar-refractivity contribution in [2.45, 2.75) is 37.2 Å². The highest BCUT2D eigenvalue weighted by Gasteiger charge is 2.21. The molecule has 0 aromatic heterocycles. The molecule has 8 nitrogen and oxygen atoms in total. The van der Waals surface area contributed by atoms with Crippen LogP contribution in [0.4, 0.5) is 0 Å². The van der Waals surface area contributed by atoms with Crippen molar-refractivity contribution < 1.29 is 22.7 Å². The predicted molar refractivity (Wildman–Crippen MR) is 134 cm³/mol. The maximum absolute atomic E-state index is 12.7. The molecule has 3 N–H and O–H groups in total. The second-order valence-electron chi connectivity index (χ2n) is 8.88. The van der Waals surface area contributed by atoms with Crippen LogP contribution in [-0.2, 0) is 25.8 Å². The normalized spacial score (nSPS) is 16.3. The van der Waals surface area contributed by atoms with E-state index in [0.29, 0.717) is 31.9 Å². The number of hydrogen-bond acceptors (Lipinski definition) is 6. The third kappa shape index (κ3) is 7.48. The van der Waals surface area contributed by atoms with Gasteiger partial charge in [-0.1, -0.05) is 50.3 Å². The minimum atomic E-state index is -3.61. The van der Waals surface area contributed by atoms with Crippen molar-refractivity contribution >= 4 is 21.7 Å². The third-order valence-corrected chi connectivity index (χ3v) is 7.30. The van der Waals surface area contributed by atoms with E-state index >= 15 is 0 Å². The molecule has 0 spiro atoms. The molecule has 2 amide bonds. The van der Waals surface area contributed by atoms with Crippen LogP contribution in [0.3, 0.4) is 0 Å². The smallest absolute Gasteiger partial charge is 0.254 e. The summed E-state index contributed by atoms with van der Waals surface area (Å²) in [4.78, 5) is 27.3. The summed E-state index contributed by atoms with van der Waals surface area (Å²) >= 11 is 0. The molecular weight excluding hydrogens is 466 g/mol. The first kappa shape index (κ1) is 26.6. The molecule has 1 aliphatic rings. The number of sulfone groups is 1. The summed E-state index contributed by atoms with van der Waals surface area (Å²) in [5.41, 5.74) is 7.55. The molecule has 0 radical (unpaired) electrons. The van der Waals surface area contributed by atoms with Crippen LogP contribution < -0.4 is 11.1 Å². The number of nitrogens with one attached hydrogen (secondary N) is 1. The number of ether oxygens (including phenoxy) is 1. The van der Waals surface area contributed by atoms with Crippen molar-refractivity contribution in [1.29, 1.82) is 0 Å². The first-order valence-electron chi connectivity index (χ1n) is 11.7. The van der Waals surface area contributed by atoms with E-state index in [2.05, 4.69) is 5.32 Å². The van der Waals surface area contributed by atoms with E-state index in [9.17, 15) is 18.0 Å². The van der Waals surface area contributed by atoms with Gasteiger partial charge in [-0.3, -0.25) is 9.59 Å². The zero-order chi connectivity index (χ0) is 25.4. The van der Waals surface area contributed by atoms with E-state index in [1.165, 1.54) is 18.2 Å². The summed E-state index contributed by atoms with van der Waals surface area (Å²) < 4.78 is 30.4. The van der Waals surface area contributed by atoms with E-state index in [4.69, 9.17) is 10.5 Å². The fraction of sp³-hybridized carbons (Fsp3) is 0.385. The Morgan fingerprint density at radius 1 is 1.06 bits per heavy atom. The number of morpholine rings is 1. The van der Waals surface area contributed by atoms with Crippen LogP contribution in [0.25, 0.3) is 0 Å². The Hall–Kier alpha value is -3.01. The Labute approximate surface area is 207 Å². The molecular formula is C26H33N3O5S. The summed E-state index contributed by atoms with van der Waals surface area (Å²) in [6.45, 7) is 6.00. The Balaban J connectivity index is 1.59. The molecule has 1 aliphatic heterocycles. The molecule has 35 heavy (non-hydrogen) atoms. The summed E-state index contributed by atoms with van der Waals surface area (Å²) in [6, 6.07) is 13.9. The Morgan fingerprint density at radius 3 is 2.29 bits per heavy atom. The molecule has 0 bridgehead atoms. The maximum atomic E-state index is 12.7. The van der Waals surface area contributed by atoms with Gasteiger partial charge >= 0.3 is 0 Å². The van der Waals surface area contributed by atoms with Crippen molar-refractivity contribution in [3.8, 4) is 0 Å². The van der Waals surface area contributed by atoms with Crippen molar-refractivity contribution in [2.24, 2.45) is 11.7 Å². The zero-order valence-corrected chi connectivity index (χ0v) is 20.9. The van der Waals surface area contributed by atoms with Gasteiger partial charge in [0.25, 0.3) is 5.91 Å². The number of amides is 2. The average Bonchev–Trinajstić information content (AvgIpc) is 2.87. The van der Waals surface area contributed by atoms with Crippen molar-refractivity contribution in [1.82, 2.24) is 10.2 Å². The Kier molecular flexibility index (Phi) is 9.20. The predicted octanol–water partition coefficient (Wildman–Crippen LogP) is 2.16. The number of benzene rings is 2. The summed E-state index contributed by atoms with van der Waals surface area (Å²) in [6.07, 6.45) is 1.78. The average molecular weight is 500 g/mol. The SMILES string of the molecule is CC(C)[C@@H](/C=C/S(=O)(=O)c1ccccc1)NC(=O)[C@@H](N)Cc1ccc(C(=O)N2CCOCC2)cc1. The molecule has 2 atom stereocenters. The van der Waals surface area contributed by atoms with Crippen LogP contribution in [0.2, 0.25) is 0 Å². The van der Waals surface area contributed by atoms with Gasteiger partial charge < -0.3 is 20.7 Å². The molecule has 1 saturated heterocycles. The highest BCUT2D eigenvalue weighted by molar-refractivity contribution is 7.94. The maximum Gasteiger partial charge on any atom is 0.254 e.